The molecule has 0 amide bonds. The number of hydrogen-bond acceptors (Lipinski definition) is 3. The van der Waals surface area contributed by atoms with Crippen molar-refractivity contribution in [3.8, 4) is 6.07 Å². The van der Waals surface area contributed by atoms with Crippen LogP contribution >= 0.6 is 0 Å². The number of rotatable bonds is 4. The third-order valence-corrected chi connectivity index (χ3v) is 2.68. The summed E-state index contributed by atoms with van der Waals surface area (Å²) in [6.07, 6.45) is 1.67. The predicted octanol–water partition coefficient (Wildman–Crippen LogP) is 2.55. The first kappa shape index (κ1) is 12.3. The molecule has 2 aromatic rings. The molecule has 0 radical (unpaired) electrons. The summed E-state index contributed by atoms with van der Waals surface area (Å²) in [5, 5.41) is 12.1. The quantitative estimate of drug-likeness (QED) is 0.889. The monoisotopic (exact) mass is 237 g/mol. The van der Waals surface area contributed by atoms with Crippen LogP contribution in [0.1, 0.15) is 22.4 Å². The molecule has 3 nitrogen and oxygen atoms in total. The second-order valence-electron chi connectivity index (χ2n) is 4.25. The van der Waals surface area contributed by atoms with E-state index in [9.17, 15) is 0 Å². The number of nitriles is 1. The van der Waals surface area contributed by atoms with Crippen molar-refractivity contribution < 1.29 is 0 Å². The molecule has 0 aliphatic carbocycles. The van der Waals surface area contributed by atoms with Gasteiger partial charge in [0, 0.05) is 19.3 Å². The standard InChI is InChI=1S/C15H15N3/c1-12-3-2-4-13(7-12)10-17-11-14-5-6-18-15(8-14)9-16/h2-8,17H,10-11H2,1H3. The van der Waals surface area contributed by atoms with Gasteiger partial charge in [-0.3, -0.25) is 0 Å². The Hall–Kier alpha value is -2.18. The van der Waals surface area contributed by atoms with E-state index in [1.807, 2.05) is 18.2 Å². The Morgan fingerprint density at radius 3 is 2.67 bits per heavy atom. The topological polar surface area (TPSA) is 48.7 Å². The van der Waals surface area contributed by atoms with Gasteiger partial charge in [-0.2, -0.15) is 5.26 Å². The van der Waals surface area contributed by atoms with Crippen molar-refractivity contribution in [2.75, 3.05) is 0 Å². The first-order valence-corrected chi connectivity index (χ1v) is 5.89. The summed E-state index contributed by atoms with van der Waals surface area (Å²) < 4.78 is 0. The Bertz CT molecular complexity index is 570. The number of nitrogens with zero attached hydrogens (tertiary/aromatic N) is 2. The highest BCUT2D eigenvalue weighted by atomic mass is 14.8. The van der Waals surface area contributed by atoms with Crippen LogP contribution in [0.2, 0.25) is 0 Å². The summed E-state index contributed by atoms with van der Waals surface area (Å²) in [5.74, 6) is 0. The lowest BCUT2D eigenvalue weighted by atomic mass is 10.1. The highest BCUT2D eigenvalue weighted by Crippen LogP contribution is 2.05. The number of pyridine rings is 1. The summed E-state index contributed by atoms with van der Waals surface area (Å²) in [5.41, 5.74) is 4.08. The van der Waals surface area contributed by atoms with Crippen LogP contribution in [0.4, 0.5) is 0 Å². The van der Waals surface area contributed by atoms with Gasteiger partial charge >= 0.3 is 0 Å². The second kappa shape index (κ2) is 5.95. The Labute approximate surface area is 107 Å². The van der Waals surface area contributed by atoms with Crippen LogP contribution in [0.3, 0.4) is 0 Å². The van der Waals surface area contributed by atoms with Gasteiger partial charge in [0.25, 0.3) is 0 Å². The van der Waals surface area contributed by atoms with Crippen molar-refractivity contribution in [1.82, 2.24) is 10.3 Å². The average Bonchev–Trinajstić information content (AvgIpc) is 2.39. The van der Waals surface area contributed by atoms with E-state index in [0.29, 0.717) is 5.69 Å². The van der Waals surface area contributed by atoms with Crippen molar-refractivity contribution in [3.63, 3.8) is 0 Å². The first-order valence-electron chi connectivity index (χ1n) is 5.89. The number of aromatic nitrogens is 1. The molecule has 1 N–H and O–H groups in total. The average molecular weight is 237 g/mol. The summed E-state index contributed by atoms with van der Waals surface area (Å²) in [7, 11) is 0. The van der Waals surface area contributed by atoms with Crippen LogP contribution in [0.25, 0.3) is 0 Å². The fourth-order valence-electron chi connectivity index (χ4n) is 1.82. The maximum absolute atomic E-state index is 8.76. The third kappa shape index (κ3) is 3.41. The van der Waals surface area contributed by atoms with Crippen LogP contribution in [0.5, 0.6) is 0 Å². The van der Waals surface area contributed by atoms with Crippen LogP contribution < -0.4 is 5.32 Å². The molecule has 1 aromatic carbocycles. The Morgan fingerprint density at radius 1 is 1.17 bits per heavy atom. The number of hydrogen-bond donors (Lipinski definition) is 1. The lowest BCUT2D eigenvalue weighted by molar-refractivity contribution is 0.692. The molecular weight excluding hydrogens is 222 g/mol. The SMILES string of the molecule is Cc1cccc(CNCc2ccnc(C#N)c2)c1. The van der Waals surface area contributed by atoms with Gasteiger partial charge < -0.3 is 5.32 Å². The third-order valence-electron chi connectivity index (χ3n) is 2.68. The molecule has 0 fully saturated rings. The zero-order valence-corrected chi connectivity index (χ0v) is 10.4. The molecule has 1 aromatic heterocycles. The molecule has 0 unspecified atom stereocenters. The zero-order chi connectivity index (χ0) is 12.8. The molecule has 2 rings (SSSR count). The second-order valence-corrected chi connectivity index (χ2v) is 4.25. The minimum atomic E-state index is 0.463. The maximum Gasteiger partial charge on any atom is 0.140 e. The highest BCUT2D eigenvalue weighted by molar-refractivity contribution is 5.25. The highest BCUT2D eigenvalue weighted by Gasteiger charge is 1.97. The Morgan fingerprint density at radius 2 is 1.94 bits per heavy atom. The Kier molecular flexibility index (Phi) is 4.06. The normalized spacial score (nSPS) is 10.0. The largest absolute Gasteiger partial charge is 0.309 e. The van der Waals surface area contributed by atoms with Gasteiger partial charge in [-0.25, -0.2) is 4.98 Å². The Balaban J connectivity index is 1.90. The minimum absolute atomic E-state index is 0.463. The van der Waals surface area contributed by atoms with E-state index in [-0.39, 0.29) is 0 Å². The lowest BCUT2D eigenvalue weighted by Crippen LogP contribution is -2.12. The minimum Gasteiger partial charge on any atom is -0.309 e. The van der Waals surface area contributed by atoms with Crippen molar-refractivity contribution in [2.45, 2.75) is 20.0 Å². The van der Waals surface area contributed by atoms with Crippen LogP contribution in [-0.2, 0) is 13.1 Å². The van der Waals surface area contributed by atoms with Gasteiger partial charge in [-0.15, -0.1) is 0 Å². The van der Waals surface area contributed by atoms with Crippen molar-refractivity contribution in [2.24, 2.45) is 0 Å². The van der Waals surface area contributed by atoms with E-state index >= 15 is 0 Å². The predicted molar refractivity (Wildman–Crippen MR) is 70.7 cm³/mol. The van der Waals surface area contributed by atoms with E-state index in [1.165, 1.54) is 11.1 Å². The van der Waals surface area contributed by atoms with E-state index in [4.69, 9.17) is 5.26 Å². The summed E-state index contributed by atoms with van der Waals surface area (Å²) in [4.78, 5) is 3.95. The van der Waals surface area contributed by atoms with Gasteiger partial charge in [0.15, 0.2) is 0 Å². The van der Waals surface area contributed by atoms with Crippen LogP contribution in [0, 0.1) is 18.3 Å². The summed E-state index contributed by atoms with van der Waals surface area (Å²) in [6, 6.07) is 14.2. The number of benzene rings is 1. The molecule has 0 aliphatic heterocycles. The van der Waals surface area contributed by atoms with Crippen LogP contribution in [0.15, 0.2) is 42.6 Å². The van der Waals surface area contributed by atoms with Gasteiger partial charge in [-0.05, 0) is 30.2 Å². The molecule has 0 saturated heterocycles. The molecule has 0 atom stereocenters. The zero-order valence-electron chi connectivity index (χ0n) is 10.4. The first-order chi connectivity index (χ1) is 8.78. The summed E-state index contributed by atoms with van der Waals surface area (Å²) in [6.45, 7) is 3.66. The molecule has 18 heavy (non-hydrogen) atoms. The lowest BCUT2D eigenvalue weighted by Gasteiger charge is -2.06. The number of aryl methyl sites for hydroxylation is 1. The smallest absolute Gasteiger partial charge is 0.140 e. The van der Waals surface area contributed by atoms with Gasteiger partial charge in [-0.1, -0.05) is 29.8 Å². The van der Waals surface area contributed by atoms with Gasteiger partial charge in [0.2, 0.25) is 0 Å². The van der Waals surface area contributed by atoms with Gasteiger partial charge in [0.1, 0.15) is 11.8 Å². The molecular formula is C15H15N3. The molecule has 0 spiro atoms. The number of nitrogens with one attached hydrogen (secondary N) is 1. The van der Waals surface area contributed by atoms with Crippen molar-refractivity contribution in [1.29, 1.82) is 5.26 Å². The van der Waals surface area contributed by atoms with Crippen molar-refractivity contribution >= 4 is 0 Å². The van der Waals surface area contributed by atoms with E-state index < -0.39 is 0 Å². The van der Waals surface area contributed by atoms with Gasteiger partial charge in [0.05, 0.1) is 0 Å². The van der Waals surface area contributed by atoms with E-state index in [0.717, 1.165) is 18.7 Å². The van der Waals surface area contributed by atoms with Crippen molar-refractivity contribution in [3.05, 3.63) is 65.0 Å². The fraction of sp³-hybridized carbons (Fsp3) is 0.200. The molecule has 1 heterocycles. The molecule has 0 aliphatic rings. The molecule has 3 heteroatoms. The molecule has 90 valence electrons. The van der Waals surface area contributed by atoms with Crippen LogP contribution in [-0.4, -0.2) is 4.98 Å². The van der Waals surface area contributed by atoms with E-state index in [1.54, 1.807) is 6.20 Å². The van der Waals surface area contributed by atoms with E-state index in [2.05, 4.69) is 41.5 Å². The molecule has 0 saturated carbocycles. The fourth-order valence-corrected chi connectivity index (χ4v) is 1.82. The summed E-state index contributed by atoms with van der Waals surface area (Å²) >= 11 is 0. The maximum atomic E-state index is 8.76. The molecule has 0 bridgehead atoms.